The van der Waals surface area contributed by atoms with Gasteiger partial charge in [0.15, 0.2) is 0 Å². The molecule has 1 atom stereocenters. The van der Waals surface area contributed by atoms with Crippen LogP contribution < -0.4 is 0 Å². The van der Waals surface area contributed by atoms with Gasteiger partial charge in [-0.3, -0.25) is 9.59 Å². The second-order valence-electron chi connectivity index (χ2n) is 8.34. The number of hydrogen-bond acceptors (Lipinski definition) is 5. The van der Waals surface area contributed by atoms with Crippen LogP contribution in [0.5, 0.6) is 0 Å². The van der Waals surface area contributed by atoms with Crippen molar-refractivity contribution in [1.29, 1.82) is 0 Å². The van der Waals surface area contributed by atoms with E-state index in [9.17, 15) is 9.59 Å². The van der Waals surface area contributed by atoms with Gasteiger partial charge in [-0.2, -0.15) is 0 Å². The first-order chi connectivity index (χ1) is 14.9. The SMILES string of the molecule is Cc1nc(CC2CCCN(C(=O)c3ccc4ccccc4n3)C2)cc(C(=O)N(C)C)n1. The molecule has 31 heavy (non-hydrogen) atoms. The van der Waals surface area contributed by atoms with Gasteiger partial charge in [0, 0.05) is 38.3 Å². The molecule has 0 aliphatic carbocycles. The Kier molecular flexibility index (Phi) is 5.93. The predicted molar refractivity (Wildman–Crippen MR) is 119 cm³/mol. The van der Waals surface area contributed by atoms with Crippen molar-refractivity contribution in [2.45, 2.75) is 26.2 Å². The number of carbonyl (C=O) groups excluding carboxylic acids is 2. The standard InChI is InChI=1S/C24H27N5O2/c1-16-25-19(14-22(26-16)23(30)28(2)3)13-17-7-6-12-29(15-17)24(31)21-11-10-18-8-4-5-9-20(18)27-21/h4-5,8-11,14,17H,6-7,12-13,15H2,1-3H3. The Bertz CT molecular complexity index is 1130. The molecule has 1 fully saturated rings. The number of benzene rings is 1. The second-order valence-corrected chi connectivity index (χ2v) is 8.34. The van der Waals surface area contributed by atoms with Crippen molar-refractivity contribution in [2.75, 3.05) is 27.2 Å². The average molecular weight is 418 g/mol. The first kappa shape index (κ1) is 20.9. The topological polar surface area (TPSA) is 79.3 Å². The van der Waals surface area contributed by atoms with Gasteiger partial charge < -0.3 is 9.80 Å². The van der Waals surface area contributed by atoms with E-state index in [1.54, 1.807) is 33.2 Å². The molecule has 0 bridgehead atoms. The summed E-state index contributed by atoms with van der Waals surface area (Å²) in [6, 6.07) is 13.3. The molecular formula is C24H27N5O2. The molecule has 2 aromatic heterocycles. The summed E-state index contributed by atoms with van der Waals surface area (Å²) in [4.78, 5) is 42.2. The summed E-state index contributed by atoms with van der Waals surface area (Å²) in [6.07, 6.45) is 2.68. The second kappa shape index (κ2) is 8.79. The molecule has 0 spiro atoms. The van der Waals surface area contributed by atoms with Crippen LogP contribution >= 0.6 is 0 Å². The molecule has 7 heteroatoms. The largest absolute Gasteiger partial charge is 0.343 e. The number of likely N-dealkylation sites (tertiary alicyclic amines) is 1. The van der Waals surface area contributed by atoms with Gasteiger partial charge in [-0.05, 0) is 50.3 Å². The number of aryl methyl sites for hydroxylation is 1. The maximum atomic E-state index is 13.1. The van der Waals surface area contributed by atoms with E-state index in [1.165, 1.54) is 4.90 Å². The minimum atomic E-state index is -0.130. The van der Waals surface area contributed by atoms with Crippen molar-refractivity contribution < 1.29 is 9.59 Å². The summed E-state index contributed by atoms with van der Waals surface area (Å²) in [5.74, 6) is 0.717. The van der Waals surface area contributed by atoms with Gasteiger partial charge in [0.1, 0.15) is 17.2 Å². The number of aromatic nitrogens is 3. The van der Waals surface area contributed by atoms with Gasteiger partial charge in [0.05, 0.1) is 5.52 Å². The molecule has 3 heterocycles. The lowest BCUT2D eigenvalue weighted by Crippen LogP contribution is -2.41. The molecule has 0 N–H and O–H groups in total. The Balaban J connectivity index is 1.48. The van der Waals surface area contributed by atoms with Crippen LogP contribution in [0.3, 0.4) is 0 Å². The quantitative estimate of drug-likeness (QED) is 0.652. The lowest BCUT2D eigenvalue weighted by Gasteiger charge is -2.32. The number of amides is 2. The minimum absolute atomic E-state index is 0.0298. The summed E-state index contributed by atoms with van der Waals surface area (Å²) in [5.41, 5.74) is 2.57. The number of piperidine rings is 1. The third kappa shape index (κ3) is 4.71. The predicted octanol–water partition coefficient (Wildman–Crippen LogP) is 3.13. The lowest BCUT2D eigenvalue weighted by molar-refractivity contribution is 0.0667. The van der Waals surface area contributed by atoms with Crippen LogP contribution in [0.15, 0.2) is 42.5 Å². The summed E-state index contributed by atoms with van der Waals surface area (Å²) < 4.78 is 0. The van der Waals surface area contributed by atoms with Gasteiger partial charge in [-0.1, -0.05) is 24.3 Å². The van der Waals surface area contributed by atoms with E-state index in [0.717, 1.165) is 36.0 Å². The number of para-hydroxylation sites is 1. The van der Waals surface area contributed by atoms with Crippen LogP contribution in [0, 0.1) is 12.8 Å². The van der Waals surface area contributed by atoms with Gasteiger partial charge in [-0.25, -0.2) is 15.0 Å². The molecule has 0 saturated carbocycles. The molecule has 160 valence electrons. The summed E-state index contributed by atoms with van der Waals surface area (Å²) in [7, 11) is 3.43. The van der Waals surface area contributed by atoms with Crippen LogP contribution in [-0.2, 0) is 6.42 Å². The van der Waals surface area contributed by atoms with E-state index in [4.69, 9.17) is 0 Å². The fourth-order valence-corrected chi connectivity index (χ4v) is 4.13. The number of fused-ring (bicyclic) bond motifs is 1. The molecule has 1 saturated heterocycles. The molecular weight excluding hydrogens is 390 g/mol. The van der Waals surface area contributed by atoms with Crippen LogP contribution in [-0.4, -0.2) is 63.8 Å². The van der Waals surface area contributed by atoms with Crippen LogP contribution in [0.4, 0.5) is 0 Å². The lowest BCUT2D eigenvalue weighted by atomic mass is 9.92. The van der Waals surface area contributed by atoms with E-state index in [0.29, 0.717) is 30.2 Å². The van der Waals surface area contributed by atoms with E-state index >= 15 is 0 Å². The van der Waals surface area contributed by atoms with E-state index in [-0.39, 0.29) is 17.7 Å². The highest BCUT2D eigenvalue weighted by Gasteiger charge is 2.26. The van der Waals surface area contributed by atoms with Crippen LogP contribution in [0.25, 0.3) is 10.9 Å². The number of rotatable bonds is 4. The summed E-state index contributed by atoms with van der Waals surface area (Å²) in [6.45, 7) is 3.20. The van der Waals surface area contributed by atoms with E-state index < -0.39 is 0 Å². The maximum absolute atomic E-state index is 13.1. The Hall–Kier alpha value is -3.35. The summed E-state index contributed by atoms with van der Waals surface area (Å²) in [5, 5.41) is 1.03. The molecule has 4 rings (SSSR count). The third-order valence-electron chi connectivity index (χ3n) is 5.64. The monoisotopic (exact) mass is 417 g/mol. The van der Waals surface area contributed by atoms with Gasteiger partial charge in [0.25, 0.3) is 11.8 Å². The van der Waals surface area contributed by atoms with Crippen molar-refractivity contribution in [1.82, 2.24) is 24.8 Å². The fourth-order valence-electron chi connectivity index (χ4n) is 4.13. The highest BCUT2D eigenvalue weighted by molar-refractivity contribution is 5.95. The van der Waals surface area contributed by atoms with Crippen molar-refractivity contribution >= 4 is 22.7 Å². The molecule has 1 aromatic carbocycles. The van der Waals surface area contributed by atoms with Crippen LogP contribution in [0.2, 0.25) is 0 Å². The highest BCUT2D eigenvalue weighted by Crippen LogP contribution is 2.22. The normalized spacial score (nSPS) is 16.4. The summed E-state index contributed by atoms with van der Waals surface area (Å²) >= 11 is 0. The molecule has 1 unspecified atom stereocenters. The van der Waals surface area contributed by atoms with Crippen LogP contribution in [0.1, 0.15) is 45.3 Å². The van der Waals surface area contributed by atoms with Crippen molar-refractivity contribution in [3.8, 4) is 0 Å². The Morgan fingerprint density at radius 3 is 2.68 bits per heavy atom. The maximum Gasteiger partial charge on any atom is 0.272 e. The fraction of sp³-hybridized carbons (Fsp3) is 0.375. The number of carbonyl (C=O) groups is 2. The molecule has 1 aliphatic rings. The van der Waals surface area contributed by atoms with Crippen molar-refractivity contribution in [3.63, 3.8) is 0 Å². The number of hydrogen-bond donors (Lipinski definition) is 0. The molecule has 3 aromatic rings. The molecule has 0 radical (unpaired) electrons. The first-order valence-electron chi connectivity index (χ1n) is 10.6. The Morgan fingerprint density at radius 1 is 1.06 bits per heavy atom. The molecule has 7 nitrogen and oxygen atoms in total. The van der Waals surface area contributed by atoms with E-state index in [1.807, 2.05) is 35.2 Å². The van der Waals surface area contributed by atoms with Crippen molar-refractivity contribution in [2.24, 2.45) is 5.92 Å². The van der Waals surface area contributed by atoms with Gasteiger partial charge in [0.2, 0.25) is 0 Å². The first-order valence-corrected chi connectivity index (χ1v) is 10.6. The van der Waals surface area contributed by atoms with E-state index in [2.05, 4.69) is 15.0 Å². The minimum Gasteiger partial charge on any atom is -0.343 e. The highest BCUT2D eigenvalue weighted by atomic mass is 16.2. The molecule has 1 aliphatic heterocycles. The number of pyridine rings is 1. The zero-order chi connectivity index (χ0) is 22.0. The van der Waals surface area contributed by atoms with Gasteiger partial charge >= 0.3 is 0 Å². The molecule has 2 amide bonds. The third-order valence-corrected chi connectivity index (χ3v) is 5.64. The average Bonchev–Trinajstić information content (AvgIpc) is 2.77. The zero-order valence-electron chi connectivity index (χ0n) is 18.2. The Morgan fingerprint density at radius 2 is 1.87 bits per heavy atom. The number of nitrogens with zero attached hydrogens (tertiary/aromatic N) is 5. The Labute approximate surface area is 182 Å². The van der Waals surface area contributed by atoms with Crippen molar-refractivity contribution in [3.05, 3.63) is 65.4 Å². The smallest absolute Gasteiger partial charge is 0.272 e. The van der Waals surface area contributed by atoms with Gasteiger partial charge in [-0.15, -0.1) is 0 Å². The zero-order valence-corrected chi connectivity index (χ0v) is 18.2.